The Morgan fingerprint density at radius 1 is 1.16 bits per heavy atom. The van der Waals surface area contributed by atoms with Crippen LogP contribution in [-0.2, 0) is 16.0 Å². The molecular weight excluding hydrogens is 431 g/mol. The lowest BCUT2D eigenvalue weighted by Gasteiger charge is -2.21. The molecule has 0 spiro atoms. The number of hydrogen-bond acceptors (Lipinski definition) is 5. The van der Waals surface area contributed by atoms with Crippen LogP contribution < -0.4 is 5.32 Å². The van der Waals surface area contributed by atoms with Crippen molar-refractivity contribution in [1.82, 2.24) is 9.88 Å². The molecule has 31 heavy (non-hydrogen) atoms. The smallest absolute Gasteiger partial charge is 0.244 e. The lowest BCUT2D eigenvalue weighted by Crippen LogP contribution is -2.39. The van der Waals surface area contributed by atoms with Crippen molar-refractivity contribution in [2.45, 2.75) is 26.7 Å². The highest BCUT2D eigenvalue weighted by Crippen LogP contribution is 2.26. The maximum absolute atomic E-state index is 13.8. The van der Waals surface area contributed by atoms with Crippen molar-refractivity contribution in [3.8, 4) is 10.8 Å². The van der Waals surface area contributed by atoms with Gasteiger partial charge in [0, 0.05) is 11.9 Å². The molecule has 0 aliphatic carbocycles. The van der Waals surface area contributed by atoms with E-state index in [4.69, 9.17) is 4.42 Å². The van der Waals surface area contributed by atoms with Gasteiger partial charge in [-0.1, -0.05) is 6.92 Å². The number of rotatable bonds is 8. The molecule has 10 heteroatoms. The highest BCUT2D eigenvalue weighted by molar-refractivity contribution is 7.13. The largest absolute Gasteiger partial charge is 0.459 e. The van der Waals surface area contributed by atoms with Crippen LogP contribution in [0.1, 0.15) is 24.8 Å². The number of furan rings is 1. The normalized spacial score (nSPS) is 10.9. The van der Waals surface area contributed by atoms with Crippen LogP contribution in [0.4, 0.5) is 18.9 Å². The molecule has 0 aliphatic heterocycles. The third-order valence-corrected chi connectivity index (χ3v) is 5.23. The molecule has 3 aromatic rings. The minimum absolute atomic E-state index is 0.0248. The quantitative estimate of drug-likeness (QED) is 0.510. The SMILES string of the molecule is CCCN(CC(=O)Nc1ccc(F)c(F)c1F)C(=O)Cc1csc(-c2ccc(C)o2)n1. The molecule has 0 saturated carbocycles. The monoisotopic (exact) mass is 451 g/mol. The number of amides is 2. The molecule has 2 heterocycles. The van der Waals surface area contributed by atoms with Crippen molar-refractivity contribution in [3.63, 3.8) is 0 Å². The third kappa shape index (κ3) is 5.52. The number of nitrogens with zero attached hydrogens (tertiary/aromatic N) is 2. The third-order valence-electron chi connectivity index (χ3n) is 4.33. The van der Waals surface area contributed by atoms with Gasteiger partial charge < -0.3 is 14.6 Å². The van der Waals surface area contributed by atoms with E-state index in [0.29, 0.717) is 35.5 Å². The summed E-state index contributed by atoms with van der Waals surface area (Å²) < 4.78 is 45.7. The Balaban J connectivity index is 1.64. The predicted molar refractivity (Wildman–Crippen MR) is 110 cm³/mol. The van der Waals surface area contributed by atoms with Gasteiger partial charge in [0.15, 0.2) is 28.2 Å². The Morgan fingerprint density at radius 2 is 1.94 bits per heavy atom. The van der Waals surface area contributed by atoms with Gasteiger partial charge in [-0.3, -0.25) is 9.59 Å². The first-order valence-corrected chi connectivity index (χ1v) is 10.4. The first-order valence-electron chi connectivity index (χ1n) is 9.50. The second-order valence-electron chi connectivity index (χ2n) is 6.82. The lowest BCUT2D eigenvalue weighted by molar-refractivity contribution is -0.134. The molecule has 6 nitrogen and oxygen atoms in total. The standard InChI is InChI=1S/C21H20F3N3O3S/c1-3-8-27(10-17(28)26-15-6-5-14(22)19(23)20(15)24)18(29)9-13-11-31-21(25-13)16-7-4-12(2)30-16/h4-7,11H,3,8-10H2,1-2H3,(H,26,28). The molecule has 0 fully saturated rings. The van der Waals surface area contributed by atoms with E-state index >= 15 is 0 Å². The van der Waals surface area contributed by atoms with Crippen LogP contribution in [0.2, 0.25) is 0 Å². The molecular formula is C21H20F3N3O3S. The molecule has 3 rings (SSSR count). The van der Waals surface area contributed by atoms with Gasteiger partial charge in [-0.25, -0.2) is 18.2 Å². The van der Waals surface area contributed by atoms with E-state index in [1.165, 1.54) is 16.2 Å². The summed E-state index contributed by atoms with van der Waals surface area (Å²) in [6.07, 6.45) is 0.565. The van der Waals surface area contributed by atoms with Crippen LogP contribution in [0.5, 0.6) is 0 Å². The van der Waals surface area contributed by atoms with E-state index in [9.17, 15) is 22.8 Å². The first-order chi connectivity index (χ1) is 14.8. The van der Waals surface area contributed by atoms with Gasteiger partial charge >= 0.3 is 0 Å². The van der Waals surface area contributed by atoms with Gasteiger partial charge in [0.2, 0.25) is 11.8 Å². The highest BCUT2D eigenvalue weighted by atomic mass is 32.1. The minimum Gasteiger partial charge on any atom is -0.459 e. The van der Waals surface area contributed by atoms with Crippen molar-refractivity contribution in [3.05, 3.63) is 58.6 Å². The van der Waals surface area contributed by atoms with Gasteiger partial charge in [0.1, 0.15) is 5.76 Å². The van der Waals surface area contributed by atoms with E-state index in [2.05, 4.69) is 10.3 Å². The zero-order valence-electron chi connectivity index (χ0n) is 16.9. The topological polar surface area (TPSA) is 75.4 Å². The number of halogens is 3. The van der Waals surface area contributed by atoms with Crippen LogP contribution in [-0.4, -0.2) is 34.8 Å². The number of aromatic nitrogens is 1. The fourth-order valence-corrected chi connectivity index (χ4v) is 3.64. The summed E-state index contributed by atoms with van der Waals surface area (Å²) in [5.74, 6) is -4.23. The summed E-state index contributed by atoms with van der Waals surface area (Å²) >= 11 is 1.34. The summed E-state index contributed by atoms with van der Waals surface area (Å²) in [5, 5.41) is 4.56. The Morgan fingerprint density at radius 3 is 2.61 bits per heavy atom. The van der Waals surface area contributed by atoms with Crippen LogP contribution in [0.15, 0.2) is 34.1 Å². The number of hydrogen-bond donors (Lipinski definition) is 1. The van der Waals surface area contributed by atoms with E-state index in [1.807, 2.05) is 19.9 Å². The van der Waals surface area contributed by atoms with Gasteiger partial charge in [0.25, 0.3) is 0 Å². The summed E-state index contributed by atoms with van der Waals surface area (Å²) in [6, 6.07) is 5.25. The first kappa shape index (κ1) is 22.5. The molecule has 0 bridgehead atoms. The minimum atomic E-state index is -1.68. The maximum Gasteiger partial charge on any atom is 0.244 e. The molecule has 1 N–H and O–H groups in total. The molecule has 2 amide bonds. The van der Waals surface area contributed by atoms with Gasteiger partial charge in [0.05, 0.1) is 24.3 Å². The van der Waals surface area contributed by atoms with E-state index in [1.54, 1.807) is 11.4 Å². The molecule has 0 atom stereocenters. The van der Waals surface area contributed by atoms with Crippen molar-refractivity contribution in [1.29, 1.82) is 0 Å². The van der Waals surface area contributed by atoms with Crippen LogP contribution >= 0.6 is 11.3 Å². The van der Waals surface area contributed by atoms with E-state index in [-0.39, 0.29) is 18.9 Å². The summed E-state index contributed by atoms with van der Waals surface area (Å²) in [7, 11) is 0. The number of aryl methyl sites for hydroxylation is 1. The molecule has 164 valence electrons. The predicted octanol–water partition coefficient (Wildman–Crippen LogP) is 4.55. The fraction of sp³-hybridized carbons (Fsp3) is 0.286. The van der Waals surface area contributed by atoms with Gasteiger partial charge in [-0.2, -0.15) is 0 Å². The summed E-state index contributed by atoms with van der Waals surface area (Å²) in [5.41, 5.74) is 0.0397. The number of benzene rings is 1. The van der Waals surface area contributed by atoms with Gasteiger partial charge in [-0.05, 0) is 37.6 Å². The van der Waals surface area contributed by atoms with E-state index in [0.717, 1.165) is 11.8 Å². The number of nitrogens with one attached hydrogen (secondary N) is 1. The zero-order valence-corrected chi connectivity index (χ0v) is 17.7. The van der Waals surface area contributed by atoms with Crippen LogP contribution in [0.3, 0.4) is 0 Å². The maximum atomic E-state index is 13.8. The number of anilines is 1. The Hall–Kier alpha value is -3.14. The summed E-state index contributed by atoms with van der Waals surface area (Å²) in [6.45, 7) is 3.59. The summed E-state index contributed by atoms with van der Waals surface area (Å²) in [4.78, 5) is 30.7. The zero-order chi connectivity index (χ0) is 22.5. The molecule has 0 saturated heterocycles. The second-order valence-corrected chi connectivity index (χ2v) is 7.68. The van der Waals surface area contributed by atoms with Crippen LogP contribution in [0.25, 0.3) is 10.8 Å². The molecule has 0 aliphatic rings. The number of carbonyl (C=O) groups excluding carboxylic acids is 2. The van der Waals surface area contributed by atoms with E-state index < -0.39 is 29.0 Å². The van der Waals surface area contributed by atoms with Crippen molar-refractivity contribution in [2.75, 3.05) is 18.4 Å². The highest BCUT2D eigenvalue weighted by Gasteiger charge is 2.21. The van der Waals surface area contributed by atoms with Gasteiger partial charge in [-0.15, -0.1) is 11.3 Å². The van der Waals surface area contributed by atoms with Crippen molar-refractivity contribution in [2.24, 2.45) is 0 Å². The molecule has 1 aromatic carbocycles. The average molecular weight is 451 g/mol. The van der Waals surface area contributed by atoms with Crippen LogP contribution in [0, 0.1) is 24.4 Å². The fourth-order valence-electron chi connectivity index (χ4n) is 2.86. The lowest BCUT2D eigenvalue weighted by atomic mass is 10.2. The average Bonchev–Trinajstić information content (AvgIpc) is 3.37. The Kier molecular flexibility index (Phi) is 7.11. The van der Waals surface area contributed by atoms with Crippen molar-refractivity contribution >= 4 is 28.8 Å². The Bertz CT molecular complexity index is 1100. The van der Waals surface area contributed by atoms with Crippen molar-refractivity contribution < 1.29 is 27.2 Å². The molecule has 2 aromatic heterocycles. The molecule has 0 unspecified atom stereocenters. The second kappa shape index (κ2) is 9.78. The number of carbonyl (C=O) groups is 2. The number of thiazole rings is 1. The Labute approximate surface area is 180 Å². The molecule has 0 radical (unpaired) electrons.